The van der Waals surface area contributed by atoms with Crippen LogP contribution in [0.3, 0.4) is 0 Å². The Kier molecular flexibility index (Phi) is 30.3. The second-order valence-electron chi connectivity index (χ2n) is 15.8. The van der Waals surface area contributed by atoms with Gasteiger partial charge in [-0.3, -0.25) is 4.79 Å². The molecule has 0 aromatic heterocycles. The van der Waals surface area contributed by atoms with Crippen LogP contribution in [-0.4, -0.2) is 112 Å². The summed E-state index contributed by atoms with van der Waals surface area (Å²) in [6.45, 7) is 8.62. The molecule has 0 heterocycles. The van der Waals surface area contributed by atoms with Crippen molar-refractivity contribution in [3.8, 4) is 0 Å². The second-order valence-corrected chi connectivity index (χ2v) is 18.8. The maximum Gasteiger partial charge on any atom is 0.332 e. The first-order chi connectivity index (χ1) is 32.6. The van der Waals surface area contributed by atoms with Gasteiger partial charge in [0.15, 0.2) is 27.3 Å². The molecule has 3 unspecified atom stereocenters. The van der Waals surface area contributed by atoms with Crippen LogP contribution >= 0.6 is 23.2 Å². The minimum absolute atomic E-state index is 0.0145. The Morgan fingerprint density at radius 1 is 0.618 bits per heavy atom. The molecular weight excluding hydrogens is 936 g/mol. The average molecular weight is 1000 g/mol. The number of hydrogen-bond donors (Lipinski definition) is 3. The topological polar surface area (TPSA) is 192 Å². The molecule has 0 saturated carbocycles. The maximum absolute atomic E-state index is 12.6. The molecule has 0 aliphatic rings. The van der Waals surface area contributed by atoms with Crippen molar-refractivity contribution in [1.29, 1.82) is 0 Å². The first kappa shape index (κ1) is 59.5. The quantitative estimate of drug-likeness (QED) is 0.0419. The van der Waals surface area contributed by atoms with Crippen LogP contribution in [-0.2, 0) is 60.7 Å². The summed E-state index contributed by atoms with van der Waals surface area (Å²) in [5, 5.41) is 27.2. The number of methoxy groups -OCH3 is 1. The van der Waals surface area contributed by atoms with Crippen molar-refractivity contribution in [3.05, 3.63) is 141 Å². The van der Waals surface area contributed by atoms with Gasteiger partial charge in [0.1, 0.15) is 0 Å². The number of carbonyl (C=O) groups is 3. The fourth-order valence-corrected chi connectivity index (χ4v) is 8.01. The summed E-state index contributed by atoms with van der Waals surface area (Å²) in [4.78, 5) is 33.3. The molecule has 3 N–H and O–H groups in total. The molecule has 13 nitrogen and oxygen atoms in total. The lowest BCUT2D eigenvalue weighted by Gasteiger charge is -2.14. The van der Waals surface area contributed by atoms with Crippen molar-refractivity contribution in [2.75, 3.05) is 53.4 Å². The minimum atomic E-state index is -3.96. The number of ether oxygens (including phenoxy) is 5. The van der Waals surface area contributed by atoms with Crippen LogP contribution in [0.1, 0.15) is 81.0 Å². The van der Waals surface area contributed by atoms with Gasteiger partial charge in [-0.15, -0.1) is 0 Å². The monoisotopic (exact) mass is 1000 g/mol. The van der Waals surface area contributed by atoms with Crippen molar-refractivity contribution >= 4 is 57.0 Å². The molecule has 0 aliphatic carbocycles. The fourth-order valence-electron chi connectivity index (χ4n) is 6.24. The number of halogens is 2. The maximum atomic E-state index is 12.6. The molecule has 0 spiro atoms. The minimum Gasteiger partial charge on any atom is -0.480 e. The summed E-state index contributed by atoms with van der Waals surface area (Å²) in [6, 6.07) is 31.1. The molecule has 0 amide bonds. The standard InChI is InChI=1S/C21H24O5S.C18H27ClO4.C13H17ClO4/c1-16-8-10-19(11-9-16)27(24,25)20(21(22)23)12-13-26-15-17(2)14-18-6-4-3-5-7-18;1-2-3-4-5-12-23-17(18(20)21)11-14-22-13-10-15-6-8-16(19)9-7-15;1-17-12(13(15)16)7-9-18-8-6-10-2-4-11(14)5-3-10/h3-11,14,20H,12-13,15H2,1-2H3,(H,22,23);6-9,17H,2-5,10-14H2,1H3,(H,20,21);2-5,12H,6-9H2,1H3,(H,15,16). The Hall–Kier alpha value is -4.64. The lowest BCUT2D eigenvalue weighted by molar-refractivity contribution is -0.152. The molecule has 374 valence electrons. The number of aliphatic carboxylic acids is 3. The molecule has 0 radical (unpaired) electrons. The number of rotatable bonds is 30. The summed E-state index contributed by atoms with van der Waals surface area (Å²) < 4.78 is 51.8. The molecule has 3 atom stereocenters. The van der Waals surface area contributed by atoms with E-state index in [0.717, 1.165) is 71.4 Å². The van der Waals surface area contributed by atoms with Crippen molar-refractivity contribution in [3.63, 3.8) is 0 Å². The van der Waals surface area contributed by atoms with Crippen LogP contribution in [0.5, 0.6) is 0 Å². The molecule has 0 bridgehead atoms. The molecular formula is C52H68Cl2O13S. The Bertz CT molecular complexity index is 2150. The number of carboxylic acid groups (broad SMARTS) is 3. The Morgan fingerprint density at radius 2 is 1.13 bits per heavy atom. The zero-order valence-corrected chi connectivity index (χ0v) is 41.9. The smallest absolute Gasteiger partial charge is 0.332 e. The van der Waals surface area contributed by atoms with Gasteiger partial charge in [0, 0.05) is 56.4 Å². The molecule has 0 saturated heterocycles. The number of aryl methyl sites for hydroxylation is 1. The lowest BCUT2D eigenvalue weighted by atomic mass is 10.1. The summed E-state index contributed by atoms with van der Waals surface area (Å²) in [7, 11) is -2.58. The molecule has 0 fully saturated rings. The fraction of sp³-hybridized carbons (Fsp3) is 0.442. The van der Waals surface area contributed by atoms with Gasteiger partial charge in [-0.1, -0.05) is 128 Å². The molecule has 4 aromatic carbocycles. The van der Waals surface area contributed by atoms with E-state index in [-0.39, 0.29) is 17.9 Å². The second kappa shape index (κ2) is 34.6. The number of benzene rings is 4. The predicted molar refractivity (Wildman–Crippen MR) is 266 cm³/mol. The first-order valence-corrected chi connectivity index (χ1v) is 24.9. The highest BCUT2D eigenvalue weighted by Gasteiger charge is 2.33. The van der Waals surface area contributed by atoms with E-state index >= 15 is 0 Å². The SMILES string of the molecule is CC(=Cc1ccccc1)COCCC(C(=O)O)S(=O)(=O)c1ccc(C)cc1.CCCCCCOC(CCOCCc1ccc(Cl)cc1)C(=O)O.COC(CCOCCc1ccc(Cl)cc1)C(=O)O. The van der Waals surface area contributed by atoms with Crippen LogP contribution in [0.4, 0.5) is 0 Å². The van der Waals surface area contributed by atoms with E-state index in [0.29, 0.717) is 57.5 Å². The lowest BCUT2D eigenvalue weighted by Crippen LogP contribution is -2.31. The van der Waals surface area contributed by atoms with E-state index < -0.39 is 45.2 Å². The number of sulfone groups is 1. The van der Waals surface area contributed by atoms with E-state index in [1.165, 1.54) is 19.2 Å². The van der Waals surface area contributed by atoms with Gasteiger partial charge < -0.3 is 39.0 Å². The molecule has 16 heteroatoms. The van der Waals surface area contributed by atoms with Crippen LogP contribution in [0.15, 0.2) is 114 Å². The van der Waals surface area contributed by atoms with E-state index in [4.69, 9.17) is 57.1 Å². The van der Waals surface area contributed by atoms with Crippen molar-refractivity contribution in [2.24, 2.45) is 0 Å². The van der Waals surface area contributed by atoms with Crippen LogP contribution in [0.2, 0.25) is 10.0 Å². The average Bonchev–Trinajstić information content (AvgIpc) is 3.31. The summed E-state index contributed by atoms with van der Waals surface area (Å²) >= 11 is 11.6. The van der Waals surface area contributed by atoms with Gasteiger partial charge in [-0.05, 0) is 98.2 Å². The third-order valence-corrected chi connectivity index (χ3v) is 12.8. The van der Waals surface area contributed by atoms with Gasteiger partial charge in [-0.2, -0.15) is 0 Å². The summed E-state index contributed by atoms with van der Waals surface area (Å²) in [5.41, 5.74) is 5.21. The van der Waals surface area contributed by atoms with E-state index in [1.54, 1.807) is 12.1 Å². The van der Waals surface area contributed by atoms with Crippen LogP contribution in [0, 0.1) is 6.92 Å². The van der Waals surface area contributed by atoms with Crippen LogP contribution < -0.4 is 0 Å². The molecule has 68 heavy (non-hydrogen) atoms. The third kappa shape index (κ3) is 25.6. The van der Waals surface area contributed by atoms with E-state index in [1.807, 2.05) is 98.8 Å². The summed E-state index contributed by atoms with van der Waals surface area (Å²) in [5.74, 6) is -3.24. The van der Waals surface area contributed by atoms with Crippen molar-refractivity contribution in [2.45, 2.75) is 101 Å². The third-order valence-electron chi connectivity index (χ3n) is 10.2. The molecule has 4 aromatic rings. The van der Waals surface area contributed by atoms with Gasteiger partial charge in [0.05, 0.1) is 24.7 Å². The van der Waals surface area contributed by atoms with Gasteiger partial charge in [0.2, 0.25) is 0 Å². The highest BCUT2D eigenvalue weighted by atomic mass is 35.5. The predicted octanol–water partition coefficient (Wildman–Crippen LogP) is 10.5. The van der Waals surface area contributed by atoms with Gasteiger partial charge >= 0.3 is 17.9 Å². The number of unbranched alkanes of at least 4 members (excludes halogenated alkanes) is 3. The Labute approximate surface area is 412 Å². The largest absolute Gasteiger partial charge is 0.480 e. The van der Waals surface area contributed by atoms with Crippen molar-refractivity contribution < 1.29 is 61.8 Å². The normalized spacial score (nSPS) is 12.7. The highest BCUT2D eigenvalue weighted by Crippen LogP contribution is 2.20. The Balaban J connectivity index is 0.000000357. The van der Waals surface area contributed by atoms with E-state index in [9.17, 15) is 27.9 Å². The van der Waals surface area contributed by atoms with Crippen LogP contribution in [0.25, 0.3) is 6.08 Å². The first-order valence-electron chi connectivity index (χ1n) is 22.6. The summed E-state index contributed by atoms with van der Waals surface area (Å²) in [6.07, 6.45) is 6.91. The zero-order valence-electron chi connectivity index (χ0n) is 39.5. The molecule has 4 rings (SSSR count). The van der Waals surface area contributed by atoms with Gasteiger partial charge in [-0.25, -0.2) is 18.0 Å². The van der Waals surface area contributed by atoms with E-state index in [2.05, 4.69) is 6.92 Å². The number of carboxylic acids is 3. The molecule has 0 aliphatic heterocycles. The Morgan fingerprint density at radius 3 is 1.62 bits per heavy atom. The van der Waals surface area contributed by atoms with Gasteiger partial charge in [0.25, 0.3) is 0 Å². The number of hydrogen-bond acceptors (Lipinski definition) is 10. The van der Waals surface area contributed by atoms with Crippen molar-refractivity contribution in [1.82, 2.24) is 0 Å². The highest BCUT2D eigenvalue weighted by molar-refractivity contribution is 7.92. The zero-order chi connectivity index (χ0) is 50.2.